The molecule has 14 heteroatoms. The third kappa shape index (κ3) is 5.69. The van der Waals surface area contributed by atoms with Gasteiger partial charge in [-0.05, 0) is 29.8 Å². The van der Waals surface area contributed by atoms with Crippen molar-refractivity contribution in [3.63, 3.8) is 0 Å². The van der Waals surface area contributed by atoms with Gasteiger partial charge in [-0.25, -0.2) is 4.98 Å². The fraction of sp³-hybridized carbons (Fsp3) is 0.304. The van der Waals surface area contributed by atoms with Crippen LogP contribution in [0, 0.1) is 0 Å². The third-order valence-corrected chi connectivity index (χ3v) is 6.71. The summed E-state index contributed by atoms with van der Waals surface area (Å²) < 4.78 is 10.8. The largest absolute Gasteiger partial charge is 0.493 e. The number of halogens is 3. The number of methoxy groups -OCH3 is 2. The Kier molecular flexibility index (Phi) is 7.98. The summed E-state index contributed by atoms with van der Waals surface area (Å²) in [7, 11) is 3.05. The van der Waals surface area contributed by atoms with Gasteiger partial charge in [0.2, 0.25) is 17.1 Å². The second-order valence-corrected chi connectivity index (χ2v) is 9.44. The van der Waals surface area contributed by atoms with E-state index in [1.54, 1.807) is 17.0 Å². The van der Waals surface area contributed by atoms with Crippen molar-refractivity contribution in [3.8, 4) is 11.5 Å². The number of nitrogens with one attached hydrogen (secondary N) is 1. The number of hydrogen-bond donors (Lipinski definition) is 3. The normalized spacial score (nSPS) is 16.0. The molecule has 2 heterocycles. The number of fused-ring (bicyclic) bond motifs is 1. The summed E-state index contributed by atoms with van der Waals surface area (Å²) in [5, 5.41) is 3.78. The molecule has 4 rings (SSSR count). The number of nitrogens with zero attached hydrogens (tertiary/aromatic N) is 4. The lowest BCUT2D eigenvalue weighted by molar-refractivity contribution is -0.125. The summed E-state index contributed by atoms with van der Waals surface area (Å²) in [4.78, 5) is 37.5. The number of benzene rings is 2. The molecular formula is C23H24Cl3N7O4. The van der Waals surface area contributed by atoms with Crippen LogP contribution in [0.4, 0.5) is 17.2 Å². The quantitative estimate of drug-likeness (QED) is 0.289. The molecule has 1 aliphatic rings. The molecule has 5 N–H and O–H groups in total. The number of amides is 2. The summed E-state index contributed by atoms with van der Waals surface area (Å²) in [5.74, 6) is 0.476. The Hall–Kier alpha value is -3.25. The minimum Gasteiger partial charge on any atom is -0.493 e. The molecule has 1 unspecified atom stereocenters. The first-order valence-corrected chi connectivity index (χ1v) is 12.2. The number of hydrogen-bond acceptors (Lipinski definition) is 9. The molecule has 1 fully saturated rings. The van der Waals surface area contributed by atoms with E-state index in [9.17, 15) is 9.59 Å². The summed E-state index contributed by atoms with van der Waals surface area (Å²) in [6, 6.07) is 5.62. The van der Waals surface area contributed by atoms with Gasteiger partial charge < -0.3 is 31.2 Å². The standard InChI is InChI=1S/C23H24Cl3N7O4/c1-36-17-7-12-15(8-18(17)37-2)29-23(26)31-22(12)33-4-3-32(16(9-33)21(28)35)10-19(34)30-20-13(24)5-11(27)6-14(20)25/h5-8,16H,3-4,9-10,27H2,1-2H3,(H2,28,35)(H,30,34). The van der Waals surface area contributed by atoms with E-state index in [-0.39, 0.29) is 34.1 Å². The monoisotopic (exact) mass is 567 g/mol. The molecule has 11 nitrogen and oxygen atoms in total. The minimum absolute atomic E-state index is 0.0319. The van der Waals surface area contributed by atoms with Crippen molar-refractivity contribution in [1.82, 2.24) is 14.9 Å². The van der Waals surface area contributed by atoms with Gasteiger partial charge in [-0.1, -0.05) is 23.2 Å². The first-order chi connectivity index (χ1) is 17.6. The molecule has 2 amide bonds. The second kappa shape index (κ2) is 11.0. The molecule has 196 valence electrons. The van der Waals surface area contributed by atoms with E-state index in [0.717, 1.165) is 0 Å². The predicted molar refractivity (Wildman–Crippen MR) is 144 cm³/mol. The molecule has 1 atom stereocenters. The van der Waals surface area contributed by atoms with Crippen LogP contribution >= 0.6 is 34.8 Å². The van der Waals surface area contributed by atoms with Crippen molar-refractivity contribution in [2.24, 2.45) is 5.73 Å². The number of rotatable bonds is 7. The van der Waals surface area contributed by atoms with Crippen molar-refractivity contribution in [3.05, 3.63) is 39.6 Å². The highest BCUT2D eigenvalue weighted by molar-refractivity contribution is 6.40. The highest BCUT2D eigenvalue weighted by Crippen LogP contribution is 2.36. The number of piperazine rings is 1. The van der Waals surface area contributed by atoms with E-state index in [1.165, 1.54) is 26.4 Å². The second-order valence-electron chi connectivity index (χ2n) is 8.28. The number of primary amides is 1. The maximum absolute atomic E-state index is 12.8. The molecule has 2 aromatic carbocycles. The molecule has 0 bridgehead atoms. The fourth-order valence-electron chi connectivity index (χ4n) is 4.20. The lowest BCUT2D eigenvalue weighted by atomic mass is 10.1. The summed E-state index contributed by atoms with van der Waals surface area (Å²) in [5.41, 5.74) is 12.6. The summed E-state index contributed by atoms with van der Waals surface area (Å²) >= 11 is 18.6. The topological polar surface area (TPSA) is 149 Å². The van der Waals surface area contributed by atoms with Crippen LogP contribution in [-0.2, 0) is 9.59 Å². The first-order valence-electron chi connectivity index (χ1n) is 11.0. The van der Waals surface area contributed by atoms with Gasteiger partial charge in [-0.3, -0.25) is 14.5 Å². The fourth-order valence-corrected chi connectivity index (χ4v) is 4.97. The van der Waals surface area contributed by atoms with E-state index in [4.69, 9.17) is 55.7 Å². The average molecular weight is 569 g/mol. The molecule has 1 saturated heterocycles. The van der Waals surface area contributed by atoms with Gasteiger partial charge in [0.1, 0.15) is 11.9 Å². The zero-order chi connectivity index (χ0) is 26.9. The third-order valence-electron chi connectivity index (χ3n) is 5.95. The van der Waals surface area contributed by atoms with Crippen LogP contribution in [0.2, 0.25) is 15.3 Å². The van der Waals surface area contributed by atoms with Crippen molar-refractivity contribution >= 4 is 74.7 Å². The van der Waals surface area contributed by atoms with E-state index in [2.05, 4.69) is 15.3 Å². The van der Waals surface area contributed by atoms with Crippen LogP contribution in [0.1, 0.15) is 0 Å². The lowest BCUT2D eigenvalue weighted by Crippen LogP contribution is -2.59. The van der Waals surface area contributed by atoms with Gasteiger partial charge in [0.05, 0.1) is 42.0 Å². The van der Waals surface area contributed by atoms with Crippen molar-refractivity contribution in [2.75, 3.05) is 56.3 Å². The predicted octanol–water partition coefficient (Wildman–Crippen LogP) is 2.80. The molecule has 0 aliphatic carbocycles. The average Bonchev–Trinajstić information content (AvgIpc) is 2.85. The van der Waals surface area contributed by atoms with Gasteiger partial charge in [0.25, 0.3) is 0 Å². The Morgan fingerprint density at radius 2 is 1.70 bits per heavy atom. The summed E-state index contributed by atoms with van der Waals surface area (Å²) in [6.45, 7) is 0.815. The minimum atomic E-state index is -0.791. The van der Waals surface area contributed by atoms with E-state index >= 15 is 0 Å². The number of aromatic nitrogens is 2. The Bertz CT molecular complexity index is 1350. The van der Waals surface area contributed by atoms with Gasteiger partial charge in [-0.2, -0.15) is 4.98 Å². The lowest BCUT2D eigenvalue weighted by Gasteiger charge is -2.40. The van der Waals surface area contributed by atoms with Crippen molar-refractivity contribution in [2.45, 2.75) is 6.04 Å². The van der Waals surface area contributed by atoms with Gasteiger partial charge in [0.15, 0.2) is 11.5 Å². The summed E-state index contributed by atoms with van der Waals surface area (Å²) in [6.07, 6.45) is 0. The first kappa shape index (κ1) is 26.8. The van der Waals surface area contributed by atoms with Gasteiger partial charge in [-0.15, -0.1) is 0 Å². The molecule has 37 heavy (non-hydrogen) atoms. The maximum atomic E-state index is 12.8. The number of ether oxygens (including phenoxy) is 2. The van der Waals surface area contributed by atoms with E-state index < -0.39 is 17.9 Å². The number of anilines is 3. The number of carbonyl (C=O) groups is 2. The zero-order valence-electron chi connectivity index (χ0n) is 19.9. The van der Waals surface area contributed by atoms with Crippen LogP contribution < -0.4 is 31.2 Å². The SMILES string of the molecule is COc1cc2nc(Cl)nc(N3CCN(CC(=O)Nc4c(Cl)cc(N)cc4Cl)C(C(N)=O)C3)c2cc1OC. The molecule has 3 aromatic rings. The Morgan fingerprint density at radius 1 is 1.05 bits per heavy atom. The maximum Gasteiger partial charge on any atom is 0.238 e. The Morgan fingerprint density at radius 3 is 2.32 bits per heavy atom. The van der Waals surface area contributed by atoms with Crippen molar-refractivity contribution < 1.29 is 19.1 Å². The zero-order valence-corrected chi connectivity index (χ0v) is 22.2. The molecular weight excluding hydrogens is 545 g/mol. The van der Waals surface area contributed by atoms with Gasteiger partial charge >= 0.3 is 0 Å². The van der Waals surface area contributed by atoms with E-state index in [1.807, 2.05) is 4.90 Å². The van der Waals surface area contributed by atoms with E-state index in [0.29, 0.717) is 47.0 Å². The van der Waals surface area contributed by atoms with Crippen LogP contribution in [-0.4, -0.2) is 73.1 Å². The molecule has 0 saturated carbocycles. The van der Waals surface area contributed by atoms with Crippen LogP contribution in [0.15, 0.2) is 24.3 Å². The molecule has 0 radical (unpaired) electrons. The Balaban J connectivity index is 1.57. The molecule has 0 spiro atoms. The molecule has 1 aromatic heterocycles. The number of nitrogen functional groups attached to an aromatic ring is 1. The Labute approximate surface area is 227 Å². The van der Waals surface area contributed by atoms with Crippen molar-refractivity contribution in [1.29, 1.82) is 0 Å². The highest BCUT2D eigenvalue weighted by atomic mass is 35.5. The molecule has 1 aliphatic heterocycles. The van der Waals surface area contributed by atoms with Crippen LogP contribution in [0.3, 0.4) is 0 Å². The smallest absolute Gasteiger partial charge is 0.238 e. The van der Waals surface area contributed by atoms with Crippen LogP contribution in [0.5, 0.6) is 11.5 Å². The highest BCUT2D eigenvalue weighted by Gasteiger charge is 2.34. The van der Waals surface area contributed by atoms with Gasteiger partial charge in [0, 0.05) is 36.8 Å². The van der Waals surface area contributed by atoms with Crippen LogP contribution in [0.25, 0.3) is 10.9 Å². The number of carbonyl (C=O) groups excluding carboxylic acids is 2. The number of nitrogens with two attached hydrogens (primary N) is 2.